The Bertz CT molecular complexity index is 1260. The molecule has 2 atom stereocenters. The molecule has 3 aromatic rings. The van der Waals surface area contributed by atoms with Crippen molar-refractivity contribution in [2.24, 2.45) is 11.3 Å². The second kappa shape index (κ2) is 10.9. The zero-order valence-electron chi connectivity index (χ0n) is 19.3. The Morgan fingerprint density at radius 2 is 1.40 bits per heavy atom. The second-order valence-corrected chi connectivity index (χ2v) is 11.2. The largest absolute Gasteiger partial charge is 0.355 e. The summed E-state index contributed by atoms with van der Waals surface area (Å²) in [6, 6.07) is 27.2. The molecule has 0 radical (unpaired) electrons. The lowest BCUT2D eigenvalue weighted by atomic mass is 9.68. The van der Waals surface area contributed by atoms with Gasteiger partial charge in [0.1, 0.15) is 5.78 Å². The van der Waals surface area contributed by atoms with Crippen LogP contribution in [0.4, 0.5) is 0 Å². The molecule has 1 aliphatic rings. The van der Waals surface area contributed by atoms with Gasteiger partial charge in [0, 0.05) is 10.9 Å². The zero-order valence-corrected chi connectivity index (χ0v) is 20.9. The van der Waals surface area contributed by atoms with Gasteiger partial charge in [-0.15, -0.1) is 0 Å². The predicted octanol–water partition coefficient (Wildman–Crippen LogP) is 6.56. The fraction of sp³-hybridized carbons (Fsp3) is 0.207. The number of carbonyl (C=O) groups is 1. The number of ketones is 1. The monoisotopic (exact) mass is 506 g/mol. The Kier molecular flexibility index (Phi) is 7.88. The molecule has 0 spiro atoms. The van der Waals surface area contributed by atoms with Crippen molar-refractivity contribution in [1.29, 1.82) is 0 Å². The third-order valence-electron chi connectivity index (χ3n) is 6.53. The molecule has 2 N–H and O–H groups in total. The fourth-order valence-corrected chi connectivity index (χ4v) is 5.44. The Morgan fingerprint density at radius 1 is 0.857 bits per heavy atom. The van der Waals surface area contributed by atoms with E-state index in [0.717, 1.165) is 16.7 Å². The average molecular weight is 507 g/mol. The first kappa shape index (κ1) is 25.3. The number of Topliss-reactive ketones (excluding diaryl/α,β-unsaturated/α-hetero) is 1. The highest BCUT2D eigenvalue weighted by Gasteiger charge is 2.41. The molecule has 0 aliphatic heterocycles. The third kappa shape index (κ3) is 6.48. The van der Waals surface area contributed by atoms with Crippen molar-refractivity contribution in [3.05, 3.63) is 130 Å². The number of hydrogen-bond acceptors (Lipinski definition) is 2. The van der Waals surface area contributed by atoms with E-state index in [1.54, 1.807) is 6.08 Å². The number of allylic oxidation sites excluding steroid dienone is 4. The minimum Gasteiger partial charge on any atom is -0.321 e. The van der Waals surface area contributed by atoms with Gasteiger partial charge in [-0.05, 0) is 54.5 Å². The van der Waals surface area contributed by atoms with Crippen LogP contribution in [0.15, 0.2) is 108 Å². The normalized spacial score (nSPS) is 18.7. The lowest BCUT2D eigenvalue weighted by Crippen LogP contribution is -2.39. The SMILES string of the molecule is O=C(C(Cc1ccccc1)Cc1ccc(Cl)cc1)C1(Cc2ccccc2)C=CC(P(=O)(O)O)=CC1. The van der Waals surface area contributed by atoms with E-state index in [9.17, 15) is 19.1 Å². The molecule has 0 saturated carbocycles. The Morgan fingerprint density at radius 3 is 1.91 bits per heavy atom. The summed E-state index contributed by atoms with van der Waals surface area (Å²) in [5, 5.41) is 0.608. The number of halogens is 1. The maximum Gasteiger partial charge on any atom is 0.355 e. The number of carbonyl (C=O) groups excluding carboxylic acids is 1. The van der Waals surface area contributed by atoms with Gasteiger partial charge in [-0.2, -0.15) is 0 Å². The van der Waals surface area contributed by atoms with Crippen LogP contribution < -0.4 is 0 Å². The van der Waals surface area contributed by atoms with E-state index in [1.165, 1.54) is 12.2 Å². The predicted molar refractivity (Wildman–Crippen MR) is 140 cm³/mol. The molecule has 2 unspecified atom stereocenters. The smallest absolute Gasteiger partial charge is 0.321 e. The van der Waals surface area contributed by atoms with Crippen LogP contribution in [0.2, 0.25) is 5.02 Å². The molecule has 0 bridgehead atoms. The van der Waals surface area contributed by atoms with Crippen LogP contribution in [-0.4, -0.2) is 15.6 Å². The molecule has 4 rings (SSSR count). The van der Waals surface area contributed by atoms with Crippen LogP contribution in [0.1, 0.15) is 23.1 Å². The summed E-state index contributed by atoms with van der Waals surface area (Å²) in [4.78, 5) is 33.7. The molecule has 0 saturated heterocycles. The Labute approximate surface area is 211 Å². The molecule has 0 amide bonds. The van der Waals surface area contributed by atoms with E-state index in [1.807, 2.05) is 84.9 Å². The maximum atomic E-state index is 14.4. The van der Waals surface area contributed by atoms with Gasteiger partial charge in [0.25, 0.3) is 0 Å². The van der Waals surface area contributed by atoms with Crippen molar-refractivity contribution in [2.75, 3.05) is 0 Å². The fourth-order valence-electron chi connectivity index (χ4n) is 4.71. The van der Waals surface area contributed by atoms with Gasteiger partial charge < -0.3 is 9.79 Å². The summed E-state index contributed by atoms with van der Waals surface area (Å²) in [6.45, 7) is 0. The van der Waals surface area contributed by atoms with Gasteiger partial charge in [0.05, 0.1) is 10.7 Å². The summed E-state index contributed by atoms with van der Waals surface area (Å²) in [5.41, 5.74) is 2.19. The number of hydrogen-bond donors (Lipinski definition) is 2. The first-order chi connectivity index (χ1) is 16.7. The van der Waals surface area contributed by atoms with Crippen LogP contribution in [0.5, 0.6) is 0 Å². The van der Waals surface area contributed by atoms with Crippen molar-refractivity contribution in [3.8, 4) is 0 Å². The Hall–Kier alpha value is -2.75. The van der Waals surface area contributed by atoms with E-state index in [2.05, 4.69) is 0 Å². The maximum absolute atomic E-state index is 14.4. The molecule has 4 nitrogen and oxygen atoms in total. The molecule has 0 fully saturated rings. The summed E-state index contributed by atoms with van der Waals surface area (Å²) in [7, 11) is -4.40. The van der Waals surface area contributed by atoms with Gasteiger partial charge in [-0.25, -0.2) is 0 Å². The standard InChI is InChI=1S/C29H28ClO4P/c30-26-13-11-23(12-14-26)20-25(19-22-7-3-1-4-8-22)28(31)29(21-24-9-5-2-6-10-24)17-15-27(16-18-29)35(32,33)34/h1-17,25H,18-21H2,(H2,32,33,34). The highest BCUT2D eigenvalue weighted by molar-refractivity contribution is 7.56. The van der Waals surface area contributed by atoms with E-state index in [4.69, 9.17) is 11.6 Å². The van der Waals surface area contributed by atoms with Crippen molar-refractivity contribution >= 4 is 25.0 Å². The third-order valence-corrected chi connectivity index (χ3v) is 7.79. The first-order valence-electron chi connectivity index (χ1n) is 11.6. The Balaban J connectivity index is 1.71. The van der Waals surface area contributed by atoms with E-state index in [0.29, 0.717) is 24.3 Å². The van der Waals surface area contributed by atoms with Gasteiger partial charge in [0.15, 0.2) is 0 Å². The quantitative estimate of drug-likeness (QED) is 0.322. The van der Waals surface area contributed by atoms with Crippen molar-refractivity contribution in [1.82, 2.24) is 0 Å². The van der Waals surface area contributed by atoms with Crippen LogP contribution in [0, 0.1) is 11.3 Å². The van der Waals surface area contributed by atoms with E-state index >= 15 is 0 Å². The van der Waals surface area contributed by atoms with Crippen LogP contribution in [0.3, 0.4) is 0 Å². The highest BCUT2D eigenvalue weighted by Crippen LogP contribution is 2.50. The molecule has 3 aromatic carbocycles. The molecule has 35 heavy (non-hydrogen) atoms. The highest BCUT2D eigenvalue weighted by atomic mass is 35.5. The lowest BCUT2D eigenvalue weighted by Gasteiger charge is -2.35. The van der Waals surface area contributed by atoms with Gasteiger partial charge in [-0.1, -0.05) is 103 Å². The summed E-state index contributed by atoms with van der Waals surface area (Å²) < 4.78 is 11.8. The molecule has 180 valence electrons. The lowest BCUT2D eigenvalue weighted by molar-refractivity contribution is -0.130. The average Bonchev–Trinajstić information content (AvgIpc) is 2.85. The van der Waals surface area contributed by atoms with Gasteiger partial charge in [-0.3, -0.25) is 9.36 Å². The van der Waals surface area contributed by atoms with Crippen molar-refractivity contribution in [2.45, 2.75) is 25.7 Å². The van der Waals surface area contributed by atoms with Crippen molar-refractivity contribution < 1.29 is 19.1 Å². The molecule has 0 aromatic heterocycles. The summed E-state index contributed by atoms with van der Waals surface area (Å²) >= 11 is 6.08. The molecular formula is C29H28ClO4P. The summed E-state index contributed by atoms with van der Waals surface area (Å²) in [6.07, 6.45) is 6.50. The first-order valence-corrected chi connectivity index (χ1v) is 13.6. The minimum absolute atomic E-state index is 0.0358. The van der Waals surface area contributed by atoms with Crippen LogP contribution in [-0.2, 0) is 28.6 Å². The number of benzene rings is 3. The van der Waals surface area contributed by atoms with Gasteiger partial charge in [0.2, 0.25) is 0 Å². The topological polar surface area (TPSA) is 74.6 Å². The number of rotatable bonds is 9. The van der Waals surface area contributed by atoms with Crippen molar-refractivity contribution in [3.63, 3.8) is 0 Å². The molecular weight excluding hydrogens is 479 g/mol. The molecule has 1 aliphatic carbocycles. The van der Waals surface area contributed by atoms with Crippen LogP contribution >= 0.6 is 19.2 Å². The van der Waals surface area contributed by atoms with E-state index < -0.39 is 13.0 Å². The minimum atomic E-state index is -4.40. The van der Waals surface area contributed by atoms with E-state index in [-0.39, 0.29) is 23.4 Å². The second-order valence-electron chi connectivity index (χ2n) is 9.11. The zero-order chi connectivity index (χ0) is 24.9. The summed E-state index contributed by atoms with van der Waals surface area (Å²) in [5.74, 6) is -0.255. The molecule has 0 heterocycles. The van der Waals surface area contributed by atoms with Gasteiger partial charge >= 0.3 is 7.60 Å². The molecule has 6 heteroatoms. The van der Waals surface area contributed by atoms with Crippen LogP contribution in [0.25, 0.3) is 0 Å².